The lowest BCUT2D eigenvalue weighted by molar-refractivity contribution is 0.0522. The Morgan fingerprint density at radius 2 is 1.83 bits per heavy atom. The van der Waals surface area contributed by atoms with E-state index in [0.29, 0.717) is 18.3 Å². The summed E-state index contributed by atoms with van der Waals surface area (Å²) < 4.78 is 15.7. The number of alkyl carbamates (subject to hydrolysis) is 1. The van der Waals surface area contributed by atoms with E-state index in [2.05, 4.69) is 20.6 Å². The Balaban J connectivity index is 1.84. The normalized spacial score (nSPS) is 19.9. The summed E-state index contributed by atoms with van der Waals surface area (Å²) in [4.78, 5) is 19.8. The van der Waals surface area contributed by atoms with Gasteiger partial charge in [0.1, 0.15) is 11.9 Å². The topological polar surface area (TPSA) is 94.6 Å². The van der Waals surface area contributed by atoms with Crippen molar-refractivity contribution in [3.63, 3.8) is 0 Å². The van der Waals surface area contributed by atoms with Crippen LogP contribution in [0.2, 0.25) is 0 Å². The van der Waals surface area contributed by atoms with Crippen molar-refractivity contribution in [2.45, 2.75) is 51.4 Å². The molecule has 23 heavy (non-hydrogen) atoms. The molecule has 2 N–H and O–H groups in total. The van der Waals surface area contributed by atoms with Crippen molar-refractivity contribution in [3.05, 3.63) is 11.9 Å². The highest BCUT2D eigenvalue weighted by atomic mass is 16.6. The van der Waals surface area contributed by atoms with E-state index >= 15 is 0 Å². The summed E-state index contributed by atoms with van der Waals surface area (Å²) in [5.41, 5.74) is 0.254. The zero-order valence-corrected chi connectivity index (χ0v) is 14.2. The number of ether oxygens (including phenoxy) is 3. The summed E-state index contributed by atoms with van der Waals surface area (Å²) in [7, 11) is 3.10. The molecule has 0 bridgehead atoms. The Hall–Kier alpha value is -2.09. The van der Waals surface area contributed by atoms with Gasteiger partial charge in [0.15, 0.2) is 0 Å². The van der Waals surface area contributed by atoms with E-state index in [1.165, 1.54) is 6.33 Å². The first-order valence-corrected chi connectivity index (χ1v) is 7.49. The maximum atomic E-state index is 11.7. The third-order valence-corrected chi connectivity index (χ3v) is 3.29. The maximum Gasteiger partial charge on any atom is 0.407 e. The highest BCUT2D eigenvalue weighted by Crippen LogP contribution is 2.26. The molecular formula is C15H24N4O4. The molecule has 2 atom stereocenters. The summed E-state index contributed by atoms with van der Waals surface area (Å²) in [5.74, 6) is 0.948. The number of nitrogens with zero attached hydrogens (tertiary/aromatic N) is 2. The number of carbonyl (C=O) groups is 1. The average Bonchev–Trinajstić information content (AvgIpc) is 3.20. The fourth-order valence-corrected chi connectivity index (χ4v) is 2.16. The lowest BCUT2D eigenvalue weighted by atomic mass is 10.2. The number of aromatic nitrogens is 2. The zero-order valence-electron chi connectivity index (χ0n) is 14.2. The van der Waals surface area contributed by atoms with E-state index in [4.69, 9.17) is 14.2 Å². The van der Waals surface area contributed by atoms with Crippen LogP contribution in [0, 0.1) is 0 Å². The van der Waals surface area contributed by atoms with Gasteiger partial charge in [0, 0.05) is 18.6 Å². The van der Waals surface area contributed by atoms with Crippen LogP contribution in [0.3, 0.4) is 0 Å². The van der Waals surface area contributed by atoms with Gasteiger partial charge in [0.2, 0.25) is 11.8 Å². The van der Waals surface area contributed by atoms with Gasteiger partial charge in [-0.25, -0.2) is 14.8 Å². The van der Waals surface area contributed by atoms with Crippen LogP contribution in [0.25, 0.3) is 0 Å². The first kappa shape index (κ1) is 17.3. The van der Waals surface area contributed by atoms with Crippen LogP contribution in [0.1, 0.15) is 32.8 Å². The number of rotatable bonds is 6. The van der Waals surface area contributed by atoms with E-state index in [1.807, 2.05) is 20.8 Å². The van der Waals surface area contributed by atoms with Gasteiger partial charge in [-0.3, -0.25) is 0 Å². The van der Waals surface area contributed by atoms with E-state index < -0.39 is 11.7 Å². The second kappa shape index (κ2) is 6.99. The minimum absolute atomic E-state index is 0.0615. The molecule has 1 aliphatic carbocycles. The molecular weight excluding hydrogens is 300 g/mol. The van der Waals surface area contributed by atoms with Gasteiger partial charge in [-0.05, 0) is 27.2 Å². The predicted molar refractivity (Wildman–Crippen MR) is 83.5 cm³/mol. The number of nitrogens with one attached hydrogen (secondary N) is 2. The predicted octanol–water partition coefficient (Wildman–Crippen LogP) is 1.25. The summed E-state index contributed by atoms with van der Waals surface area (Å²) in [5, 5.41) is 6.17. The van der Waals surface area contributed by atoms with Crippen molar-refractivity contribution in [3.8, 4) is 11.8 Å². The van der Waals surface area contributed by atoms with Crippen LogP contribution >= 0.6 is 0 Å². The standard InChI is InChI=1S/C15H24N4O4/c1-15(2,3)23-14(20)19-11-6-10(11)16-7-9-12(21-4)17-8-18-13(9)22-5/h8,10-11,16H,6-7H2,1-5H3,(H,19,20). The lowest BCUT2D eigenvalue weighted by Crippen LogP contribution is -2.36. The molecule has 1 aromatic heterocycles. The van der Waals surface area contributed by atoms with Crippen molar-refractivity contribution in [1.29, 1.82) is 0 Å². The van der Waals surface area contributed by atoms with Gasteiger partial charge in [-0.1, -0.05) is 0 Å². The molecule has 8 nitrogen and oxygen atoms in total. The van der Waals surface area contributed by atoms with Gasteiger partial charge in [0.25, 0.3) is 0 Å². The third-order valence-electron chi connectivity index (χ3n) is 3.29. The van der Waals surface area contributed by atoms with Crippen LogP contribution in [0.5, 0.6) is 11.8 Å². The van der Waals surface area contributed by atoms with Gasteiger partial charge >= 0.3 is 6.09 Å². The fraction of sp³-hybridized carbons (Fsp3) is 0.667. The Kier molecular flexibility index (Phi) is 5.25. The second-order valence-corrected chi connectivity index (χ2v) is 6.35. The molecule has 2 unspecified atom stereocenters. The van der Waals surface area contributed by atoms with Gasteiger partial charge in [0.05, 0.1) is 19.8 Å². The van der Waals surface area contributed by atoms with Crippen molar-refractivity contribution in [2.24, 2.45) is 0 Å². The minimum Gasteiger partial charge on any atom is -0.481 e. The van der Waals surface area contributed by atoms with Crippen LogP contribution in [-0.4, -0.2) is 48.0 Å². The number of methoxy groups -OCH3 is 2. The lowest BCUT2D eigenvalue weighted by Gasteiger charge is -2.19. The SMILES string of the molecule is COc1ncnc(OC)c1CNC1CC1NC(=O)OC(C)(C)C. The Labute approximate surface area is 135 Å². The maximum absolute atomic E-state index is 11.7. The van der Waals surface area contributed by atoms with Gasteiger partial charge in [-0.2, -0.15) is 0 Å². The molecule has 128 valence electrons. The third kappa shape index (κ3) is 4.95. The van der Waals surface area contributed by atoms with Crippen LogP contribution in [0.15, 0.2) is 6.33 Å². The fourth-order valence-electron chi connectivity index (χ4n) is 2.16. The summed E-state index contributed by atoms with van der Waals surface area (Å²) >= 11 is 0. The molecule has 1 fully saturated rings. The molecule has 8 heteroatoms. The zero-order chi connectivity index (χ0) is 17.0. The summed E-state index contributed by atoms with van der Waals surface area (Å²) in [6.07, 6.45) is 1.84. The van der Waals surface area contributed by atoms with E-state index in [1.54, 1.807) is 14.2 Å². The molecule has 1 aromatic rings. The molecule has 0 aliphatic heterocycles. The van der Waals surface area contributed by atoms with Crippen molar-refractivity contribution < 1.29 is 19.0 Å². The largest absolute Gasteiger partial charge is 0.481 e. The molecule has 1 heterocycles. The molecule has 1 aliphatic rings. The second-order valence-electron chi connectivity index (χ2n) is 6.35. The van der Waals surface area contributed by atoms with E-state index in [0.717, 1.165) is 12.0 Å². The van der Waals surface area contributed by atoms with Crippen LogP contribution in [0.4, 0.5) is 4.79 Å². The molecule has 1 amide bonds. The molecule has 0 saturated heterocycles. The number of hydrogen-bond donors (Lipinski definition) is 2. The number of amides is 1. The Morgan fingerprint density at radius 1 is 1.22 bits per heavy atom. The molecule has 0 aromatic carbocycles. The quantitative estimate of drug-likeness (QED) is 0.813. The van der Waals surface area contributed by atoms with Crippen molar-refractivity contribution >= 4 is 6.09 Å². The first-order chi connectivity index (χ1) is 10.8. The molecule has 1 saturated carbocycles. The van der Waals surface area contributed by atoms with Crippen molar-refractivity contribution in [1.82, 2.24) is 20.6 Å². The minimum atomic E-state index is -0.496. The summed E-state index contributed by atoms with van der Waals surface area (Å²) in [6.45, 7) is 6.00. The summed E-state index contributed by atoms with van der Waals surface area (Å²) in [6, 6.07) is 0.239. The molecule has 0 radical (unpaired) electrons. The molecule has 2 rings (SSSR count). The monoisotopic (exact) mass is 324 g/mol. The van der Waals surface area contributed by atoms with E-state index in [9.17, 15) is 4.79 Å². The molecule has 0 spiro atoms. The highest BCUT2D eigenvalue weighted by Gasteiger charge is 2.39. The van der Waals surface area contributed by atoms with Crippen LogP contribution in [-0.2, 0) is 11.3 Å². The van der Waals surface area contributed by atoms with Crippen LogP contribution < -0.4 is 20.1 Å². The average molecular weight is 324 g/mol. The number of hydrogen-bond acceptors (Lipinski definition) is 7. The van der Waals surface area contributed by atoms with Gasteiger partial charge < -0.3 is 24.8 Å². The first-order valence-electron chi connectivity index (χ1n) is 7.49. The number of carbonyl (C=O) groups excluding carboxylic acids is 1. The Bertz CT molecular complexity index is 537. The van der Waals surface area contributed by atoms with Gasteiger partial charge in [-0.15, -0.1) is 0 Å². The Morgan fingerprint density at radius 3 is 2.35 bits per heavy atom. The van der Waals surface area contributed by atoms with Crippen molar-refractivity contribution in [2.75, 3.05) is 14.2 Å². The highest BCUT2D eigenvalue weighted by molar-refractivity contribution is 5.68. The van der Waals surface area contributed by atoms with E-state index in [-0.39, 0.29) is 12.1 Å². The smallest absolute Gasteiger partial charge is 0.407 e.